The van der Waals surface area contributed by atoms with Gasteiger partial charge in [-0.15, -0.1) is 0 Å². The van der Waals surface area contributed by atoms with Crippen LogP contribution in [0, 0.1) is 17.5 Å². The minimum atomic E-state index is -1.56. The monoisotopic (exact) mass is 337 g/mol. The van der Waals surface area contributed by atoms with Gasteiger partial charge in [0.05, 0.1) is 0 Å². The van der Waals surface area contributed by atoms with E-state index in [1.165, 1.54) is 4.90 Å². The second-order valence-corrected chi connectivity index (χ2v) is 4.88. The molecular weight excluding hydrogens is 323 g/mol. The van der Waals surface area contributed by atoms with E-state index in [0.29, 0.717) is 18.4 Å². The molecule has 1 aromatic rings. The number of alkyl halides is 1. The molecule has 1 aromatic carbocycles. The van der Waals surface area contributed by atoms with E-state index in [1.807, 2.05) is 6.92 Å². The molecule has 1 amide bonds. The molecule has 0 aliphatic carbocycles. The lowest BCUT2D eigenvalue weighted by Gasteiger charge is -2.21. The van der Waals surface area contributed by atoms with Crippen molar-refractivity contribution in [3.05, 3.63) is 35.1 Å². The highest BCUT2D eigenvalue weighted by Crippen LogP contribution is 2.15. The number of hydrogen-bond acceptors (Lipinski definition) is 1. The molecule has 0 fully saturated rings. The van der Waals surface area contributed by atoms with Crippen LogP contribution in [0.5, 0.6) is 0 Å². The van der Waals surface area contributed by atoms with Gasteiger partial charge in [0.25, 0.3) is 5.91 Å². The van der Waals surface area contributed by atoms with Crippen LogP contribution in [0.4, 0.5) is 13.2 Å². The molecule has 0 saturated heterocycles. The van der Waals surface area contributed by atoms with Crippen LogP contribution >= 0.6 is 15.9 Å². The van der Waals surface area contributed by atoms with Gasteiger partial charge in [0.2, 0.25) is 0 Å². The second-order valence-electron chi connectivity index (χ2n) is 4.09. The number of halogens is 4. The summed E-state index contributed by atoms with van der Waals surface area (Å²) < 4.78 is 39.1. The molecule has 0 saturated carbocycles. The van der Waals surface area contributed by atoms with E-state index in [1.54, 1.807) is 0 Å². The van der Waals surface area contributed by atoms with Gasteiger partial charge >= 0.3 is 0 Å². The van der Waals surface area contributed by atoms with Gasteiger partial charge in [-0.1, -0.05) is 29.3 Å². The highest BCUT2D eigenvalue weighted by molar-refractivity contribution is 9.09. The molecule has 19 heavy (non-hydrogen) atoms. The molecule has 0 aliphatic heterocycles. The first-order valence-corrected chi connectivity index (χ1v) is 7.13. The van der Waals surface area contributed by atoms with Crippen molar-refractivity contribution in [1.82, 2.24) is 4.90 Å². The smallest absolute Gasteiger partial charge is 0.254 e. The summed E-state index contributed by atoms with van der Waals surface area (Å²) in [5, 5.41) is 0.564. The largest absolute Gasteiger partial charge is 0.338 e. The molecule has 6 heteroatoms. The van der Waals surface area contributed by atoms with Crippen molar-refractivity contribution in [2.75, 3.05) is 18.4 Å². The molecule has 0 aliphatic rings. The maximum Gasteiger partial charge on any atom is 0.254 e. The van der Waals surface area contributed by atoms with E-state index in [0.717, 1.165) is 25.0 Å². The zero-order valence-corrected chi connectivity index (χ0v) is 12.1. The van der Waals surface area contributed by atoms with Gasteiger partial charge in [0.1, 0.15) is 0 Å². The van der Waals surface area contributed by atoms with Crippen LogP contribution in [0.1, 0.15) is 30.1 Å². The molecule has 1 rings (SSSR count). The van der Waals surface area contributed by atoms with E-state index >= 15 is 0 Å². The van der Waals surface area contributed by atoms with Gasteiger partial charge in [0.15, 0.2) is 17.5 Å². The maximum absolute atomic E-state index is 13.1. The number of hydrogen-bond donors (Lipinski definition) is 0. The van der Waals surface area contributed by atoms with Crippen LogP contribution in [0.2, 0.25) is 0 Å². The van der Waals surface area contributed by atoms with E-state index in [4.69, 9.17) is 0 Å². The Morgan fingerprint density at radius 3 is 2.26 bits per heavy atom. The fourth-order valence-corrected chi connectivity index (χ4v) is 2.06. The van der Waals surface area contributed by atoms with Gasteiger partial charge < -0.3 is 4.90 Å². The van der Waals surface area contributed by atoms with Crippen molar-refractivity contribution >= 4 is 21.8 Å². The summed E-state index contributed by atoms with van der Waals surface area (Å²) in [4.78, 5) is 13.6. The van der Waals surface area contributed by atoms with Gasteiger partial charge in [0, 0.05) is 24.0 Å². The SMILES string of the molecule is CCCCN(CCBr)C(=O)c1cc(F)c(F)c(F)c1. The third-order valence-electron chi connectivity index (χ3n) is 2.65. The van der Waals surface area contributed by atoms with Crippen LogP contribution in [-0.2, 0) is 0 Å². The first kappa shape index (κ1) is 16.0. The van der Waals surface area contributed by atoms with Crippen molar-refractivity contribution < 1.29 is 18.0 Å². The lowest BCUT2D eigenvalue weighted by atomic mass is 10.1. The number of nitrogens with zero attached hydrogens (tertiary/aromatic N) is 1. The Bertz CT molecular complexity index is 431. The molecule has 106 valence electrons. The van der Waals surface area contributed by atoms with Gasteiger partial charge in [-0.05, 0) is 18.6 Å². The maximum atomic E-state index is 13.1. The molecule has 0 N–H and O–H groups in total. The van der Waals surface area contributed by atoms with E-state index in [2.05, 4.69) is 15.9 Å². The number of carbonyl (C=O) groups excluding carboxylic acids is 1. The first-order valence-electron chi connectivity index (χ1n) is 6.01. The topological polar surface area (TPSA) is 20.3 Å². The molecule has 0 aromatic heterocycles. The van der Waals surface area contributed by atoms with E-state index < -0.39 is 23.4 Å². The van der Waals surface area contributed by atoms with E-state index in [9.17, 15) is 18.0 Å². The molecule has 2 nitrogen and oxygen atoms in total. The number of carbonyl (C=O) groups is 1. The van der Waals surface area contributed by atoms with Crippen molar-refractivity contribution in [3.8, 4) is 0 Å². The average Bonchev–Trinajstić information content (AvgIpc) is 2.39. The summed E-state index contributed by atoms with van der Waals surface area (Å²) in [5.74, 6) is -4.75. The van der Waals surface area contributed by atoms with Gasteiger partial charge in [-0.2, -0.15) is 0 Å². The lowest BCUT2D eigenvalue weighted by molar-refractivity contribution is 0.0763. The molecule has 0 unspecified atom stereocenters. The Morgan fingerprint density at radius 2 is 1.79 bits per heavy atom. The standard InChI is InChI=1S/C13H15BrF3NO/c1-2-3-5-18(6-4-14)13(19)9-7-10(15)12(17)11(16)8-9/h7-8H,2-6H2,1H3. The normalized spacial score (nSPS) is 10.6. The summed E-state index contributed by atoms with van der Waals surface area (Å²) in [6, 6.07) is 1.46. The van der Waals surface area contributed by atoms with Crippen molar-refractivity contribution in [1.29, 1.82) is 0 Å². The average molecular weight is 338 g/mol. The summed E-state index contributed by atoms with van der Waals surface area (Å²) in [6.45, 7) is 2.91. The molecule has 0 spiro atoms. The highest BCUT2D eigenvalue weighted by Gasteiger charge is 2.19. The molecule has 0 heterocycles. The third kappa shape index (κ3) is 4.23. The lowest BCUT2D eigenvalue weighted by Crippen LogP contribution is -2.33. The predicted octanol–water partition coefficient (Wildman–Crippen LogP) is 3.74. The number of rotatable bonds is 6. The molecule has 0 radical (unpaired) electrons. The van der Waals surface area contributed by atoms with Crippen molar-refractivity contribution in [3.63, 3.8) is 0 Å². The Hall–Kier alpha value is -1.04. The van der Waals surface area contributed by atoms with Crippen LogP contribution in [0.3, 0.4) is 0 Å². The molecule has 0 bridgehead atoms. The first-order chi connectivity index (χ1) is 9.01. The summed E-state index contributed by atoms with van der Waals surface area (Å²) >= 11 is 3.22. The number of benzene rings is 1. The van der Waals surface area contributed by atoms with E-state index in [-0.39, 0.29) is 5.56 Å². The predicted molar refractivity (Wildman–Crippen MR) is 70.9 cm³/mol. The Kier molecular flexibility index (Phi) is 6.34. The minimum absolute atomic E-state index is 0.173. The van der Waals surface area contributed by atoms with Crippen LogP contribution in [-0.4, -0.2) is 29.2 Å². The summed E-state index contributed by atoms with van der Waals surface area (Å²) in [6.07, 6.45) is 1.70. The zero-order valence-electron chi connectivity index (χ0n) is 10.6. The van der Waals surface area contributed by atoms with Crippen molar-refractivity contribution in [2.24, 2.45) is 0 Å². The van der Waals surface area contributed by atoms with Gasteiger partial charge in [-0.3, -0.25) is 4.79 Å². The Balaban J connectivity index is 2.95. The van der Waals surface area contributed by atoms with Crippen LogP contribution in [0.25, 0.3) is 0 Å². The van der Waals surface area contributed by atoms with Crippen LogP contribution in [0.15, 0.2) is 12.1 Å². The van der Waals surface area contributed by atoms with Crippen molar-refractivity contribution in [2.45, 2.75) is 19.8 Å². The number of unbranched alkanes of at least 4 members (excludes halogenated alkanes) is 1. The fraction of sp³-hybridized carbons (Fsp3) is 0.462. The Morgan fingerprint density at radius 1 is 1.21 bits per heavy atom. The molecule has 0 atom stereocenters. The molecular formula is C13H15BrF3NO. The Labute approximate surface area is 118 Å². The fourth-order valence-electron chi connectivity index (χ4n) is 1.63. The minimum Gasteiger partial charge on any atom is -0.338 e. The quantitative estimate of drug-likeness (QED) is 0.572. The zero-order chi connectivity index (χ0) is 14.4. The van der Waals surface area contributed by atoms with Gasteiger partial charge in [-0.25, -0.2) is 13.2 Å². The van der Waals surface area contributed by atoms with Crippen LogP contribution < -0.4 is 0 Å². The summed E-state index contributed by atoms with van der Waals surface area (Å²) in [7, 11) is 0. The second kappa shape index (κ2) is 7.53. The number of amides is 1. The highest BCUT2D eigenvalue weighted by atomic mass is 79.9. The summed E-state index contributed by atoms with van der Waals surface area (Å²) in [5.41, 5.74) is -0.173. The third-order valence-corrected chi connectivity index (χ3v) is 3.01.